The van der Waals surface area contributed by atoms with E-state index in [1.54, 1.807) is 0 Å². The molecule has 4 heteroatoms. The molecule has 0 aromatic rings. The van der Waals surface area contributed by atoms with Crippen LogP contribution in [0.4, 0.5) is 0 Å². The Kier molecular flexibility index (Phi) is 4.35. The van der Waals surface area contributed by atoms with E-state index in [0.717, 1.165) is 26.1 Å². The summed E-state index contributed by atoms with van der Waals surface area (Å²) in [6.45, 7) is 7.61. The maximum Gasteiger partial charge on any atom is 0.231 e. The minimum Gasteiger partial charge on any atom is -0.369 e. The largest absolute Gasteiger partial charge is 0.369 e. The van der Waals surface area contributed by atoms with Crippen LogP contribution in [0.15, 0.2) is 0 Å². The van der Waals surface area contributed by atoms with E-state index >= 15 is 0 Å². The fourth-order valence-electron chi connectivity index (χ4n) is 2.23. The number of primary amides is 1. The third-order valence-corrected chi connectivity index (χ3v) is 3.06. The first-order valence-electron chi connectivity index (χ1n) is 5.42. The molecule has 0 spiro atoms. The van der Waals surface area contributed by atoms with Crippen molar-refractivity contribution in [1.29, 1.82) is 0 Å². The van der Waals surface area contributed by atoms with Crippen LogP contribution in [0.3, 0.4) is 0 Å². The molecule has 82 valence electrons. The molecule has 0 radical (unpaired) electrons. The summed E-state index contributed by atoms with van der Waals surface area (Å²) in [5.41, 5.74) is 5.22. The second kappa shape index (κ2) is 5.32. The van der Waals surface area contributed by atoms with Crippen molar-refractivity contribution in [3.8, 4) is 0 Å². The van der Waals surface area contributed by atoms with Gasteiger partial charge in [-0.1, -0.05) is 20.3 Å². The average Bonchev–Trinajstić information content (AvgIpc) is 2.61. The first-order valence-corrected chi connectivity index (χ1v) is 5.42. The molecule has 1 rings (SSSR count). The van der Waals surface area contributed by atoms with Crippen LogP contribution in [0.5, 0.6) is 0 Å². The molecule has 0 aromatic heterocycles. The van der Waals surface area contributed by atoms with Gasteiger partial charge in [0, 0.05) is 12.6 Å². The highest BCUT2D eigenvalue weighted by molar-refractivity contribution is 5.75. The summed E-state index contributed by atoms with van der Waals surface area (Å²) < 4.78 is 0. The Morgan fingerprint density at radius 2 is 2.21 bits per heavy atom. The topological polar surface area (TPSA) is 58.4 Å². The van der Waals surface area contributed by atoms with Crippen LogP contribution in [-0.4, -0.2) is 43.0 Å². The van der Waals surface area contributed by atoms with E-state index in [0.29, 0.717) is 18.5 Å². The Balaban J connectivity index is 2.54. The maximum absolute atomic E-state index is 10.9. The van der Waals surface area contributed by atoms with Crippen molar-refractivity contribution in [3.05, 3.63) is 0 Å². The van der Waals surface area contributed by atoms with Gasteiger partial charge in [0.2, 0.25) is 5.91 Å². The van der Waals surface area contributed by atoms with Gasteiger partial charge in [-0.25, -0.2) is 0 Å². The summed E-state index contributed by atoms with van der Waals surface area (Å²) in [6.07, 6.45) is 1.16. The number of hydrogen-bond acceptors (Lipinski definition) is 3. The van der Waals surface area contributed by atoms with Gasteiger partial charge in [-0.05, 0) is 19.0 Å². The molecule has 0 saturated carbocycles. The van der Waals surface area contributed by atoms with E-state index in [2.05, 4.69) is 24.1 Å². The van der Waals surface area contributed by atoms with Crippen LogP contribution in [0.25, 0.3) is 0 Å². The number of likely N-dealkylation sites (N-methyl/N-ethyl adjacent to an activating group) is 1. The molecule has 0 aliphatic carbocycles. The van der Waals surface area contributed by atoms with Gasteiger partial charge < -0.3 is 11.1 Å². The third-order valence-electron chi connectivity index (χ3n) is 3.06. The molecule has 4 nitrogen and oxygen atoms in total. The molecule has 1 aliphatic heterocycles. The van der Waals surface area contributed by atoms with E-state index in [1.807, 2.05) is 0 Å². The lowest BCUT2D eigenvalue weighted by molar-refractivity contribution is -0.119. The van der Waals surface area contributed by atoms with Gasteiger partial charge in [0.15, 0.2) is 0 Å². The van der Waals surface area contributed by atoms with E-state index < -0.39 is 0 Å². The third kappa shape index (κ3) is 2.69. The van der Waals surface area contributed by atoms with Crippen molar-refractivity contribution in [2.24, 2.45) is 11.7 Å². The predicted octanol–water partition coefficient (Wildman–Crippen LogP) is -0.208. The Hall–Kier alpha value is -0.610. The van der Waals surface area contributed by atoms with Crippen molar-refractivity contribution in [1.82, 2.24) is 10.2 Å². The van der Waals surface area contributed by atoms with Crippen LogP contribution in [-0.2, 0) is 4.79 Å². The zero-order chi connectivity index (χ0) is 10.6. The fourth-order valence-corrected chi connectivity index (χ4v) is 2.23. The van der Waals surface area contributed by atoms with Crippen molar-refractivity contribution < 1.29 is 4.79 Å². The lowest BCUT2D eigenvalue weighted by atomic mass is 9.99. The quantitative estimate of drug-likeness (QED) is 0.644. The number of nitrogens with two attached hydrogens (primary N) is 1. The predicted molar refractivity (Wildman–Crippen MR) is 56.9 cm³/mol. The Bertz CT molecular complexity index is 196. The zero-order valence-corrected chi connectivity index (χ0v) is 9.12. The van der Waals surface area contributed by atoms with Gasteiger partial charge in [0.25, 0.3) is 0 Å². The smallest absolute Gasteiger partial charge is 0.231 e. The average molecular weight is 199 g/mol. The number of rotatable bonds is 5. The van der Waals surface area contributed by atoms with Crippen molar-refractivity contribution in [3.63, 3.8) is 0 Å². The molecular formula is C10H21N3O. The molecule has 2 unspecified atom stereocenters. The van der Waals surface area contributed by atoms with Crippen molar-refractivity contribution >= 4 is 5.91 Å². The maximum atomic E-state index is 10.9. The number of hydrogen-bond donors (Lipinski definition) is 2. The van der Waals surface area contributed by atoms with Crippen LogP contribution in [0.2, 0.25) is 0 Å². The Morgan fingerprint density at radius 3 is 2.71 bits per heavy atom. The fraction of sp³-hybridized carbons (Fsp3) is 0.900. The normalized spacial score (nSPS) is 27.1. The van der Waals surface area contributed by atoms with E-state index in [4.69, 9.17) is 5.73 Å². The minimum absolute atomic E-state index is 0.228. The Labute approximate surface area is 85.8 Å². The monoisotopic (exact) mass is 199 g/mol. The van der Waals surface area contributed by atoms with Gasteiger partial charge in [-0.2, -0.15) is 0 Å². The first-order chi connectivity index (χ1) is 6.69. The van der Waals surface area contributed by atoms with Gasteiger partial charge in [0.05, 0.1) is 6.54 Å². The number of carbonyl (C=O) groups is 1. The highest BCUT2D eigenvalue weighted by atomic mass is 16.1. The summed E-state index contributed by atoms with van der Waals surface area (Å²) in [4.78, 5) is 13.1. The number of amides is 1. The molecule has 0 bridgehead atoms. The SMILES string of the molecule is CCC1CNCC1N(CC)CC(N)=O. The summed E-state index contributed by atoms with van der Waals surface area (Å²) in [5.74, 6) is 0.433. The van der Waals surface area contributed by atoms with Gasteiger partial charge >= 0.3 is 0 Å². The molecule has 3 N–H and O–H groups in total. The zero-order valence-electron chi connectivity index (χ0n) is 9.12. The van der Waals surface area contributed by atoms with E-state index in [1.165, 1.54) is 0 Å². The summed E-state index contributed by atoms with van der Waals surface area (Å²) >= 11 is 0. The van der Waals surface area contributed by atoms with Crippen molar-refractivity contribution in [2.45, 2.75) is 26.3 Å². The summed E-state index contributed by atoms with van der Waals surface area (Å²) in [7, 11) is 0. The minimum atomic E-state index is -0.228. The summed E-state index contributed by atoms with van der Waals surface area (Å²) in [5, 5.41) is 3.37. The lowest BCUT2D eigenvalue weighted by Gasteiger charge is -2.29. The molecule has 2 atom stereocenters. The van der Waals surface area contributed by atoms with E-state index in [9.17, 15) is 4.79 Å². The molecule has 1 fully saturated rings. The first kappa shape index (κ1) is 11.5. The van der Waals surface area contributed by atoms with Crippen LogP contribution in [0.1, 0.15) is 20.3 Å². The second-order valence-electron chi connectivity index (χ2n) is 3.92. The standard InChI is InChI=1S/C10H21N3O/c1-3-8-5-12-6-9(8)13(4-2)7-10(11)14/h8-9,12H,3-7H2,1-2H3,(H2,11,14). The van der Waals surface area contributed by atoms with Gasteiger partial charge in [0.1, 0.15) is 0 Å². The van der Waals surface area contributed by atoms with Gasteiger partial charge in [-0.15, -0.1) is 0 Å². The van der Waals surface area contributed by atoms with Gasteiger partial charge in [-0.3, -0.25) is 9.69 Å². The number of nitrogens with one attached hydrogen (secondary N) is 1. The van der Waals surface area contributed by atoms with E-state index in [-0.39, 0.29) is 5.91 Å². The molecule has 1 heterocycles. The highest BCUT2D eigenvalue weighted by Gasteiger charge is 2.30. The number of carbonyl (C=O) groups excluding carboxylic acids is 1. The molecule has 1 amide bonds. The molecule has 0 aromatic carbocycles. The number of nitrogens with zero attached hydrogens (tertiary/aromatic N) is 1. The molecule has 1 aliphatic rings. The van der Waals surface area contributed by atoms with Crippen molar-refractivity contribution in [2.75, 3.05) is 26.2 Å². The van der Waals surface area contributed by atoms with Crippen LogP contribution < -0.4 is 11.1 Å². The highest BCUT2D eigenvalue weighted by Crippen LogP contribution is 2.18. The molecule has 14 heavy (non-hydrogen) atoms. The Morgan fingerprint density at radius 1 is 1.50 bits per heavy atom. The molecule has 1 saturated heterocycles. The molecular weight excluding hydrogens is 178 g/mol. The summed E-state index contributed by atoms with van der Waals surface area (Å²) in [6, 6.07) is 0.484. The van der Waals surface area contributed by atoms with Crippen LogP contribution in [0, 0.1) is 5.92 Å². The van der Waals surface area contributed by atoms with Crippen LogP contribution >= 0.6 is 0 Å². The lowest BCUT2D eigenvalue weighted by Crippen LogP contribution is -2.45. The second-order valence-corrected chi connectivity index (χ2v) is 3.92.